The molecule has 3 atom stereocenters. The number of thioether (sulfide) groups is 1. The molecule has 1 aromatic heterocycles. The molecule has 3 amide bonds. The third kappa shape index (κ3) is 6.16. The van der Waals surface area contributed by atoms with E-state index in [1.807, 2.05) is 0 Å². The van der Waals surface area contributed by atoms with Gasteiger partial charge in [0.1, 0.15) is 5.25 Å². The highest BCUT2D eigenvalue weighted by Crippen LogP contribution is 2.53. The molecule has 0 radical (unpaired) electrons. The predicted octanol–water partition coefficient (Wildman–Crippen LogP) is 3.95. The molecule has 1 saturated heterocycles. The summed E-state index contributed by atoms with van der Waals surface area (Å²) < 4.78 is 34.6. The molecule has 2 aliphatic rings. The van der Waals surface area contributed by atoms with Crippen LogP contribution in [0.2, 0.25) is 5.02 Å². The van der Waals surface area contributed by atoms with Gasteiger partial charge in [-0.1, -0.05) is 40.8 Å². The second-order valence-electron chi connectivity index (χ2n) is 10.3. The third-order valence-electron chi connectivity index (χ3n) is 7.36. The van der Waals surface area contributed by atoms with Gasteiger partial charge < -0.3 is 19.8 Å². The van der Waals surface area contributed by atoms with Crippen LogP contribution in [0.15, 0.2) is 81.4 Å². The van der Waals surface area contributed by atoms with Crippen LogP contribution >= 0.6 is 34.7 Å². The Kier molecular flexibility index (Phi) is 8.69. The summed E-state index contributed by atoms with van der Waals surface area (Å²) in [7, 11) is -3.87. The number of hydrogen-bond acceptors (Lipinski definition) is 10. The Morgan fingerprint density at radius 3 is 2.39 bits per heavy atom. The summed E-state index contributed by atoms with van der Waals surface area (Å²) in [6.07, 6.45) is 0. The number of thiazole rings is 1. The highest BCUT2D eigenvalue weighted by atomic mass is 35.5. The Morgan fingerprint density at radius 1 is 1.00 bits per heavy atom. The van der Waals surface area contributed by atoms with Crippen molar-refractivity contribution in [1.29, 1.82) is 0 Å². The molecule has 46 heavy (non-hydrogen) atoms. The first-order valence-electron chi connectivity index (χ1n) is 13.8. The van der Waals surface area contributed by atoms with Crippen LogP contribution in [0, 0.1) is 5.92 Å². The molecule has 2 unspecified atom stereocenters. The Balaban J connectivity index is 1.27. The summed E-state index contributed by atoms with van der Waals surface area (Å²) in [5, 5.41) is 7.96. The number of H-pyrrole nitrogens is 1. The number of benzene rings is 3. The SMILES string of the molecule is CCOc1cc([C@H]2c3sc(=O)[nH]c3SC3C(=O)N(c4ccc(Cl)cc4)C(=O)C32)ccc1OCC(=O)Nc1ccc(S(N)(=O)=O)cc1. The maximum Gasteiger partial charge on any atom is 0.305 e. The fourth-order valence-electron chi connectivity index (χ4n) is 5.39. The molecule has 16 heteroatoms. The van der Waals surface area contributed by atoms with Crippen LogP contribution in [0.4, 0.5) is 11.4 Å². The van der Waals surface area contributed by atoms with Crippen molar-refractivity contribution in [3.8, 4) is 11.5 Å². The Bertz CT molecular complexity index is 2010. The lowest BCUT2D eigenvalue weighted by molar-refractivity contribution is -0.122. The molecule has 3 aromatic carbocycles. The minimum atomic E-state index is -3.87. The third-order valence-corrected chi connectivity index (χ3v) is 10.9. The fraction of sp³-hybridized carbons (Fsp3) is 0.200. The van der Waals surface area contributed by atoms with Crippen molar-refractivity contribution in [3.63, 3.8) is 0 Å². The van der Waals surface area contributed by atoms with E-state index < -0.39 is 45.5 Å². The molecular weight excluding hydrogens is 676 g/mol. The monoisotopic (exact) mass is 700 g/mol. The van der Waals surface area contributed by atoms with E-state index in [-0.39, 0.29) is 28.0 Å². The van der Waals surface area contributed by atoms with Crippen molar-refractivity contribution in [2.75, 3.05) is 23.4 Å². The number of halogens is 1. The second-order valence-corrected chi connectivity index (χ2v) is 14.4. The van der Waals surface area contributed by atoms with E-state index in [1.54, 1.807) is 49.4 Å². The topological polar surface area (TPSA) is 178 Å². The van der Waals surface area contributed by atoms with Gasteiger partial charge in [0.15, 0.2) is 18.1 Å². The summed E-state index contributed by atoms with van der Waals surface area (Å²) in [4.78, 5) is 56.9. The lowest BCUT2D eigenvalue weighted by Gasteiger charge is -2.30. The summed E-state index contributed by atoms with van der Waals surface area (Å²) in [6.45, 7) is 1.65. The Hall–Kier alpha value is -4.15. The van der Waals surface area contributed by atoms with Gasteiger partial charge in [0.25, 0.3) is 5.91 Å². The zero-order chi connectivity index (χ0) is 32.7. The number of nitrogens with one attached hydrogen (secondary N) is 2. The first kappa shape index (κ1) is 31.8. The van der Waals surface area contributed by atoms with E-state index in [9.17, 15) is 27.6 Å². The van der Waals surface area contributed by atoms with Crippen LogP contribution in [0.5, 0.6) is 11.5 Å². The van der Waals surface area contributed by atoms with Gasteiger partial charge in [-0.2, -0.15) is 0 Å². The first-order valence-corrected chi connectivity index (χ1v) is 17.4. The van der Waals surface area contributed by atoms with Crippen molar-refractivity contribution in [2.24, 2.45) is 11.1 Å². The number of nitrogens with zero attached hydrogens (tertiary/aromatic N) is 1. The molecule has 2 aliphatic heterocycles. The molecule has 0 bridgehead atoms. The van der Waals surface area contributed by atoms with Crippen LogP contribution in [-0.4, -0.2) is 49.6 Å². The number of aromatic nitrogens is 1. The first-order chi connectivity index (χ1) is 21.9. The van der Waals surface area contributed by atoms with E-state index in [4.69, 9.17) is 26.2 Å². The van der Waals surface area contributed by atoms with Crippen molar-refractivity contribution in [3.05, 3.63) is 91.9 Å². The normalized spacial score (nSPS) is 19.0. The summed E-state index contributed by atoms with van der Waals surface area (Å²) in [5.41, 5.74) is 1.37. The summed E-state index contributed by atoms with van der Waals surface area (Å²) in [6, 6.07) is 16.8. The molecule has 0 saturated carbocycles. The Morgan fingerprint density at radius 2 is 1.72 bits per heavy atom. The lowest BCUT2D eigenvalue weighted by Crippen LogP contribution is -2.32. The van der Waals surface area contributed by atoms with E-state index in [0.717, 1.165) is 11.3 Å². The maximum atomic E-state index is 13.9. The largest absolute Gasteiger partial charge is 0.490 e. The molecule has 0 aliphatic carbocycles. The number of anilines is 2. The molecule has 1 fully saturated rings. The van der Waals surface area contributed by atoms with Crippen molar-refractivity contribution >= 4 is 73.8 Å². The van der Waals surface area contributed by atoms with Crippen molar-refractivity contribution in [2.45, 2.75) is 28.0 Å². The number of carbonyl (C=O) groups excluding carboxylic acids is 3. The average molecular weight is 701 g/mol. The van der Waals surface area contributed by atoms with E-state index in [2.05, 4.69) is 10.3 Å². The summed E-state index contributed by atoms with van der Waals surface area (Å²) in [5.74, 6) is -2.19. The molecule has 238 valence electrons. The van der Waals surface area contributed by atoms with Crippen LogP contribution < -0.4 is 29.7 Å². The van der Waals surface area contributed by atoms with Gasteiger partial charge in [0, 0.05) is 21.5 Å². The number of carbonyl (C=O) groups is 3. The predicted molar refractivity (Wildman–Crippen MR) is 173 cm³/mol. The van der Waals surface area contributed by atoms with Gasteiger partial charge in [-0.05, 0) is 73.2 Å². The zero-order valence-corrected chi connectivity index (χ0v) is 27.1. The molecule has 12 nitrogen and oxygen atoms in total. The van der Waals surface area contributed by atoms with E-state index >= 15 is 0 Å². The van der Waals surface area contributed by atoms with Crippen LogP contribution in [-0.2, 0) is 24.4 Å². The fourth-order valence-corrected chi connectivity index (χ4v) is 8.55. The standard InChI is InChI=1S/C30H25ClN4O8S3/c1-2-42-21-13-15(3-12-20(21)43-14-22(36)33-17-6-10-19(11-7-17)46(32,40)41)23-24-26(44-27-25(23)45-30(39)34-27)29(38)35(28(24)37)18-8-4-16(31)5-9-18/h3-13,23-24,26H,2,14H2,1H3,(H,33,36)(H,34,39)(H2,32,40,41)/t23-,24?,26?/m1/s1. The molecule has 3 heterocycles. The second kappa shape index (κ2) is 12.6. The molecule has 0 spiro atoms. The van der Waals surface area contributed by atoms with E-state index in [0.29, 0.717) is 37.6 Å². The molecule has 6 rings (SSSR count). The Labute approximate surface area is 275 Å². The van der Waals surface area contributed by atoms with Gasteiger partial charge in [0.05, 0.1) is 28.1 Å². The number of primary sulfonamides is 1. The van der Waals surface area contributed by atoms with Crippen molar-refractivity contribution < 1.29 is 32.3 Å². The number of nitrogens with two attached hydrogens (primary N) is 1. The van der Waals surface area contributed by atoms with E-state index in [1.165, 1.54) is 40.9 Å². The average Bonchev–Trinajstić information content (AvgIpc) is 3.51. The number of fused-ring (bicyclic) bond motifs is 2. The minimum absolute atomic E-state index is 0.0912. The smallest absolute Gasteiger partial charge is 0.305 e. The van der Waals surface area contributed by atoms with Crippen molar-refractivity contribution in [1.82, 2.24) is 4.98 Å². The van der Waals surface area contributed by atoms with Gasteiger partial charge in [-0.25, -0.2) is 18.5 Å². The number of hydrogen-bond donors (Lipinski definition) is 3. The number of ether oxygens (including phenoxy) is 2. The van der Waals surface area contributed by atoms with Gasteiger partial charge in [-0.15, -0.1) is 0 Å². The lowest BCUT2D eigenvalue weighted by atomic mass is 9.83. The van der Waals surface area contributed by atoms with Crippen LogP contribution in [0.3, 0.4) is 0 Å². The highest BCUT2D eigenvalue weighted by molar-refractivity contribution is 8.00. The molecule has 4 N–H and O–H groups in total. The van der Waals surface area contributed by atoms with Crippen LogP contribution in [0.25, 0.3) is 0 Å². The molecular formula is C30H25ClN4O8S3. The quantitative estimate of drug-likeness (QED) is 0.218. The zero-order valence-electron chi connectivity index (χ0n) is 23.9. The number of amides is 3. The maximum absolute atomic E-state index is 13.9. The number of imide groups is 1. The minimum Gasteiger partial charge on any atom is -0.490 e. The summed E-state index contributed by atoms with van der Waals surface area (Å²) >= 11 is 8.19. The number of sulfonamides is 1. The van der Waals surface area contributed by atoms with Gasteiger partial charge >= 0.3 is 4.87 Å². The highest BCUT2D eigenvalue weighted by Gasteiger charge is 2.56. The van der Waals surface area contributed by atoms with Gasteiger partial charge in [0.2, 0.25) is 21.8 Å². The number of rotatable bonds is 9. The molecule has 4 aromatic rings. The van der Waals surface area contributed by atoms with Gasteiger partial charge in [-0.3, -0.25) is 19.2 Å². The van der Waals surface area contributed by atoms with Crippen LogP contribution in [0.1, 0.15) is 23.3 Å². The number of aromatic amines is 1.